The molecule has 3 aromatic rings. The molecule has 33 heavy (non-hydrogen) atoms. The van der Waals surface area contributed by atoms with E-state index in [0.717, 1.165) is 47.9 Å². The number of hydrogen-bond acceptors (Lipinski definition) is 2. The lowest BCUT2D eigenvalue weighted by Gasteiger charge is -2.33. The zero-order chi connectivity index (χ0) is 22.8. The molecule has 2 aliphatic rings. The van der Waals surface area contributed by atoms with E-state index in [4.69, 9.17) is 11.6 Å². The molecule has 1 heterocycles. The van der Waals surface area contributed by atoms with Crippen LogP contribution in [0.25, 0.3) is 11.1 Å². The van der Waals surface area contributed by atoms with Crippen molar-refractivity contribution in [2.75, 3.05) is 0 Å². The summed E-state index contributed by atoms with van der Waals surface area (Å²) in [5.74, 6) is -0.261. The van der Waals surface area contributed by atoms with Crippen molar-refractivity contribution >= 4 is 23.4 Å². The molecule has 0 bridgehead atoms. The zero-order valence-corrected chi connectivity index (χ0v) is 19.2. The average Bonchev–Trinajstić information content (AvgIpc) is 2.93. The van der Waals surface area contributed by atoms with Crippen molar-refractivity contribution in [2.45, 2.75) is 50.7 Å². The first kappa shape index (κ1) is 21.7. The van der Waals surface area contributed by atoms with E-state index in [2.05, 4.69) is 5.32 Å². The van der Waals surface area contributed by atoms with Gasteiger partial charge in [0.25, 0.3) is 5.91 Å². The van der Waals surface area contributed by atoms with Gasteiger partial charge >= 0.3 is 0 Å². The van der Waals surface area contributed by atoms with Crippen LogP contribution in [0.5, 0.6) is 0 Å². The largest absolute Gasteiger partial charge is 0.351 e. The van der Waals surface area contributed by atoms with Crippen LogP contribution < -0.4 is 5.32 Å². The number of fused-ring (bicyclic) bond motifs is 3. The maximum absolute atomic E-state index is 13.9. The molecule has 5 heteroatoms. The summed E-state index contributed by atoms with van der Waals surface area (Å²) in [5, 5.41) is 3.88. The Morgan fingerprint density at radius 3 is 2.33 bits per heavy atom. The fourth-order valence-electron chi connectivity index (χ4n) is 5.13. The lowest BCUT2D eigenvalue weighted by Crippen LogP contribution is -2.46. The first-order valence-corrected chi connectivity index (χ1v) is 12.0. The molecule has 0 radical (unpaired) electrons. The second kappa shape index (κ2) is 9.40. The highest BCUT2D eigenvalue weighted by atomic mass is 35.5. The summed E-state index contributed by atoms with van der Waals surface area (Å²) in [6, 6.07) is 22.4. The molecule has 1 aliphatic heterocycles. The summed E-state index contributed by atoms with van der Waals surface area (Å²) in [5.41, 5.74) is 4.15. The molecule has 1 N–H and O–H groups in total. The number of carbonyl (C=O) groups is 2. The molecule has 3 aromatic carbocycles. The molecule has 2 amide bonds. The Morgan fingerprint density at radius 1 is 0.879 bits per heavy atom. The van der Waals surface area contributed by atoms with E-state index in [9.17, 15) is 9.59 Å². The van der Waals surface area contributed by atoms with Crippen LogP contribution in [-0.4, -0.2) is 22.8 Å². The third-order valence-corrected chi connectivity index (χ3v) is 6.95. The minimum absolute atomic E-state index is 0.113. The molecule has 0 spiro atoms. The minimum Gasteiger partial charge on any atom is -0.351 e. The van der Waals surface area contributed by atoms with Gasteiger partial charge in [0.1, 0.15) is 6.04 Å². The normalized spacial score (nSPS) is 18.3. The highest BCUT2D eigenvalue weighted by Gasteiger charge is 2.38. The van der Waals surface area contributed by atoms with E-state index < -0.39 is 6.04 Å². The highest BCUT2D eigenvalue weighted by molar-refractivity contribution is 6.30. The maximum atomic E-state index is 13.9. The Morgan fingerprint density at radius 2 is 1.58 bits per heavy atom. The molecular weight excluding hydrogens is 432 g/mol. The van der Waals surface area contributed by atoms with Crippen LogP contribution >= 0.6 is 11.6 Å². The molecule has 1 fully saturated rings. The van der Waals surface area contributed by atoms with Crippen LogP contribution in [0.1, 0.15) is 59.6 Å². The first-order valence-electron chi connectivity index (χ1n) is 11.7. The molecular formula is C28H27ClN2O2. The second-order valence-corrected chi connectivity index (χ2v) is 9.38. The summed E-state index contributed by atoms with van der Waals surface area (Å²) in [7, 11) is 0. The molecule has 5 rings (SSSR count). The topological polar surface area (TPSA) is 49.4 Å². The van der Waals surface area contributed by atoms with Gasteiger partial charge in [-0.1, -0.05) is 85.5 Å². The van der Waals surface area contributed by atoms with Gasteiger partial charge in [0.05, 0.1) is 0 Å². The van der Waals surface area contributed by atoms with Crippen LogP contribution in [0, 0.1) is 0 Å². The van der Waals surface area contributed by atoms with E-state index in [-0.39, 0.29) is 17.9 Å². The lowest BCUT2D eigenvalue weighted by molar-refractivity contribution is -0.127. The number of rotatable bonds is 4. The van der Waals surface area contributed by atoms with Crippen molar-refractivity contribution in [3.05, 3.63) is 94.5 Å². The van der Waals surface area contributed by atoms with Gasteiger partial charge in [-0.3, -0.25) is 9.59 Å². The number of hydrogen-bond donors (Lipinski definition) is 1. The van der Waals surface area contributed by atoms with Crippen molar-refractivity contribution < 1.29 is 9.59 Å². The zero-order valence-electron chi connectivity index (χ0n) is 18.5. The Kier molecular flexibility index (Phi) is 6.19. The van der Waals surface area contributed by atoms with Crippen LogP contribution in [-0.2, 0) is 11.3 Å². The third kappa shape index (κ3) is 4.40. The quantitative estimate of drug-likeness (QED) is 0.509. The van der Waals surface area contributed by atoms with E-state index in [1.54, 1.807) is 4.90 Å². The monoisotopic (exact) mass is 458 g/mol. The first-order chi connectivity index (χ1) is 16.1. The summed E-state index contributed by atoms with van der Waals surface area (Å²) < 4.78 is 0. The second-order valence-electron chi connectivity index (χ2n) is 8.94. The summed E-state index contributed by atoms with van der Waals surface area (Å²) in [6.07, 6.45) is 5.45. The minimum atomic E-state index is -0.720. The molecule has 1 atom stereocenters. The molecule has 1 unspecified atom stereocenters. The predicted octanol–water partition coefficient (Wildman–Crippen LogP) is 6.15. The molecule has 168 valence electrons. The number of nitrogens with zero attached hydrogens (tertiary/aromatic N) is 1. The summed E-state index contributed by atoms with van der Waals surface area (Å²) in [6.45, 7) is 0.296. The number of halogens is 1. The highest BCUT2D eigenvalue weighted by Crippen LogP contribution is 2.39. The van der Waals surface area contributed by atoms with Gasteiger partial charge < -0.3 is 10.2 Å². The number of nitrogens with one attached hydrogen (secondary N) is 1. The van der Waals surface area contributed by atoms with E-state index in [1.807, 2.05) is 72.8 Å². The number of carbonyl (C=O) groups excluding carboxylic acids is 2. The molecule has 0 aromatic heterocycles. The maximum Gasteiger partial charge on any atom is 0.255 e. The van der Waals surface area contributed by atoms with Gasteiger partial charge in [0, 0.05) is 23.2 Å². The molecule has 1 aliphatic carbocycles. The van der Waals surface area contributed by atoms with Crippen molar-refractivity contribution in [3.63, 3.8) is 0 Å². The van der Waals surface area contributed by atoms with Crippen LogP contribution in [0.2, 0.25) is 5.02 Å². The van der Waals surface area contributed by atoms with Gasteiger partial charge in [0.15, 0.2) is 0 Å². The number of benzene rings is 3. The fraction of sp³-hybridized carbons (Fsp3) is 0.286. The van der Waals surface area contributed by atoms with Crippen molar-refractivity contribution in [3.8, 4) is 11.1 Å². The van der Waals surface area contributed by atoms with E-state index in [1.165, 1.54) is 6.42 Å². The van der Waals surface area contributed by atoms with E-state index in [0.29, 0.717) is 17.1 Å². The smallest absolute Gasteiger partial charge is 0.255 e. The Labute approximate surface area is 199 Å². The SMILES string of the molecule is O=C(NC1CCCCC1)C1c2ccccc2-c2ccccc2C(=O)N1Cc1cccc(Cl)c1. The van der Waals surface area contributed by atoms with Crippen LogP contribution in [0.4, 0.5) is 0 Å². The Bertz CT molecular complexity index is 1190. The fourth-order valence-corrected chi connectivity index (χ4v) is 5.34. The van der Waals surface area contributed by atoms with Gasteiger partial charge in [-0.25, -0.2) is 0 Å². The van der Waals surface area contributed by atoms with Crippen molar-refractivity contribution in [2.24, 2.45) is 0 Å². The average molecular weight is 459 g/mol. The summed E-state index contributed by atoms with van der Waals surface area (Å²) >= 11 is 6.24. The lowest BCUT2D eigenvalue weighted by atomic mass is 9.92. The molecule has 0 saturated heterocycles. The third-order valence-electron chi connectivity index (χ3n) is 6.72. The van der Waals surface area contributed by atoms with Crippen molar-refractivity contribution in [1.82, 2.24) is 10.2 Å². The Hall–Kier alpha value is -3.11. The predicted molar refractivity (Wildman–Crippen MR) is 131 cm³/mol. The van der Waals surface area contributed by atoms with Crippen molar-refractivity contribution in [1.29, 1.82) is 0 Å². The van der Waals surface area contributed by atoms with Crippen LogP contribution in [0.3, 0.4) is 0 Å². The summed E-state index contributed by atoms with van der Waals surface area (Å²) in [4.78, 5) is 29.4. The van der Waals surface area contributed by atoms with Gasteiger partial charge in [-0.05, 0) is 53.3 Å². The van der Waals surface area contributed by atoms with Gasteiger partial charge in [-0.2, -0.15) is 0 Å². The van der Waals surface area contributed by atoms with Gasteiger partial charge in [-0.15, -0.1) is 0 Å². The number of amides is 2. The van der Waals surface area contributed by atoms with Gasteiger partial charge in [0.2, 0.25) is 5.91 Å². The molecule has 1 saturated carbocycles. The Balaban J connectivity index is 1.61. The van der Waals surface area contributed by atoms with E-state index >= 15 is 0 Å². The standard InChI is InChI=1S/C28H27ClN2O2/c29-20-10-8-9-19(17-20)18-31-26(27(32)30-21-11-2-1-3-12-21)24-15-6-4-13-22(24)23-14-5-7-16-25(23)28(31)33/h4-10,13-17,21,26H,1-3,11-12,18H2,(H,30,32). The van der Waals surface area contributed by atoms with Crippen LogP contribution in [0.15, 0.2) is 72.8 Å². The molecule has 4 nitrogen and oxygen atoms in total.